The molecule has 0 N–H and O–H groups in total. The monoisotopic (exact) mass is 150 g/mol. The Balaban J connectivity index is 1.94. The van der Waals surface area contributed by atoms with Gasteiger partial charge < -0.3 is 4.79 Å². The molecule has 0 amide bonds. The van der Waals surface area contributed by atoms with Gasteiger partial charge in [0.1, 0.15) is 6.29 Å². The smallest absolute Gasteiger partial charge is 0.126 e. The van der Waals surface area contributed by atoms with Gasteiger partial charge in [0.25, 0.3) is 0 Å². The summed E-state index contributed by atoms with van der Waals surface area (Å²) in [6, 6.07) is 0. The third-order valence-electron chi connectivity index (χ3n) is 4.55. The van der Waals surface area contributed by atoms with Gasteiger partial charge in [-0.25, -0.2) is 0 Å². The molecule has 11 heavy (non-hydrogen) atoms. The number of carbonyl (C=O) groups is 1. The predicted octanol–water partition coefficient (Wildman–Crippen LogP) is 2.01. The van der Waals surface area contributed by atoms with Gasteiger partial charge in [-0.15, -0.1) is 0 Å². The fourth-order valence-electron chi connectivity index (χ4n) is 3.57. The van der Waals surface area contributed by atoms with Crippen molar-refractivity contribution in [1.29, 1.82) is 0 Å². The maximum absolute atomic E-state index is 10.8. The Morgan fingerprint density at radius 3 is 2.73 bits per heavy atom. The van der Waals surface area contributed by atoms with Crippen LogP contribution in [0.4, 0.5) is 0 Å². The van der Waals surface area contributed by atoms with Crippen molar-refractivity contribution in [2.45, 2.75) is 32.6 Å². The number of hydrogen-bond donors (Lipinski definition) is 0. The van der Waals surface area contributed by atoms with E-state index in [0.717, 1.165) is 11.8 Å². The molecular weight excluding hydrogens is 136 g/mol. The first-order chi connectivity index (χ1) is 5.22. The third-order valence-corrected chi connectivity index (χ3v) is 4.55. The van der Waals surface area contributed by atoms with E-state index in [2.05, 4.69) is 6.92 Å². The number of fused-ring (bicyclic) bond motifs is 2. The molecule has 0 saturated heterocycles. The Kier molecular flexibility index (Phi) is 0.799. The van der Waals surface area contributed by atoms with Crippen molar-refractivity contribution in [1.82, 2.24) is 0 Å². The largest absolute Gasteiger partial charge is 0.303 e. The molecular formula is C10H14O. The number of carbonyl (C=O) groups excluding carboxylic acids is 1. The van der Waals surface area contributed by atoms with Crippen LogP contribution in [0.2, 0.25) is 0 Å². The van der Waals surface area contributed by atoms with E-state index in [-0.39, 0.29) is 5.41 Å². The van der Waals surface area contributed by atoms with Gasteiger partial charge in [-0.2, -0.15) is 0 Å². The fraction of sp³-hybridized carbons (Fsp3) is 0.900. The zero-order chi connectivity index (χ0) is 7.69. The van der Waals surface area contributed by atoms with E-state index < -0.39 is 0 Å². The van der Waals surface area contributed by atoms with Crippen LogP contribution < -0.4 is 0 Å². The van der Waals surface area contributed by atoms with Crippen LogP contribution in [0.5, 0.6) is 0 Å². The van der Waals surface area contributed by atoms with E-state index in [1.807, 2.05) is 0 Å². The highest BCUT2D eigenvalue weighted by Gasteiger charge is 2.75. The Hall–Kier alpha value is -0.330. The van der Waals surface area contributed by atoms with E-state index in [4.69, 9.17) is 0 Å². The molecule has 0 aromatic rings. The van der Waals surface area contributed by atoms with Crippen LogP contribution >= 0.6 is 0 Å². The second kappa shape index (κ2) is 1.41. The first-order valence-corrected chi connectivity index (χ1v) is 4.68. The Morgan fingerprint density at radius 1 is 1.55 bits per heavy atom. The molecule has 0 aromatic carbocycles. The first-order valence-electron chi connectivity index (χ1n) is 4.68. The molecule has 0 aromatic heterocycles. The zero-order valence-electron chi connectivity index (χ0n) is 6.97. The highest BCUT2D eigenvalue weighted by Crippen LogP contribution is 2.80. The molecule has 0 heterocycles. The summed E-state index contributed by atoms with van der Waals surface area (Å²) in [7, 11) is 0. The van der Waals surface area contributed by atoms with Crippen molar-refractivity contribution in [3.63, 3.8) is 0 Å². The van der Waals surface area contributed by atoms with E-state index in [1.165, 1.54) is 32.0 Å². The molecule has 4 atom stereocenters. The minimum absolute atomic E-state index is 0.100. The van der Waals surface area contributed by atoms with Crippen LogP contribution in [0.1, 0.15) is 32.6 Å². The lowest BCUT2D eigenvalue weighted by Crippen LogP contribution is -2.12. The predicted molar refractivity (Wildman–Crippen MR) is 42.1 cm³/mol. The molecule has 4 unspecified atom stereocenters. The van der Waals surface area contributed by atoms with E-state index in [1.54, 1.807) is 0 Å². The second-order valence-corrected chi connectivity index (χ2v) is 5.01. The van der Waals surface area contributed by atoms with Crippen LogP contribution in [0.15, 0.2) is 0 Å². The normalized spacial score (nSPS) is 64.5. The molecule has 3 rings (SSSR count). The maximum Gasteiger partial charge on any atom is 0.126 e. The van der Waals surface area contributed by atoms with Crippen molar-refractivity contribution < 1.29 is 4.79 Å². The van der Waals surface area contributed by atoms with Crippen molar-refractivity contribution >= 4 is 6.29 Å². The van der Waals surface area contributed by atoms with Crippen LogP contribution in [0, 0.1) is 22.7 Å². The summed E-state index contributed by atoms with van der Waals surface area (Å²) < 4.78 is 0. The average Bonchev–Trinajstić information content (AvgIpc) is 2.83. The van der Waals surface area contributed by atoms with Crippen molar-refractivity contribution in [2.24, 2.45) is 22.7 Å². The lowest BCUT2D eigenvalue weighted by molar-refractivity contribution is -0.113. The van der Waals surface area contributed by atoms with Gasteiger partial charge in [-0.05, 0) is 42.9 Å². The summed E-state index contributed by atoms with van der Waals surface area (Å²) in [5, 5.41) is 0. The van der Waals surface area contributed by atoms with Gasteiger partial charge >= 0.3 is 0 Å². The van der Waals surface area contributed by atoms with Crippen molar-refractivity contribution in [3.05, 3.63) is 0 Å². The van der Waals surface area contributed by atoms with Crippen LogP contribution in [-0.4, -0.2) is 6.29 Å². The fourth-order valence-corrected chi connectivity index (χ4v) is 3.57. The summed E-state index contributed by atoms with van der Waals surface area (Å²) in [6.07, 6.45) is 6.60. The summed E-state index contributed by atoms with van der Waals surface area (Å²) in [5.74, 6) is 1.98. The van der Waals surface area contributed by atoms with Gasteiger partial charge in [-0.1, -0.05) is 6.92 Å². The van der Waals surface area contributed by atoms with Gasteiger partial charge in [0.05, 0.1) is 0 Å². The molecule has 1 spiro atoms. The van der Waals surface area contributed by atoms with Crippen LogP contribution in [0.25, 0.3) is 0 Å². The highest BCUT2D eigenvalue weighted by molar-refractivity contribution is 5.67. The average molecular weight is 150 g/mol. The highest BCUT2D eigenvalue weighted by atomic mass is 16.1. The molecule has 3 aliphatic rings. The lowest BCUT2D eigenvalue weighted by atomic mass is 9.90. The molecule has 3 aliphatic carbocycles. The first kappa shape index (κ1) is 6.22. The molecule has 0 aliphatic heterocycles. The molecule has 1 heteroatoms. The van der Waals surface area contributed by atoms with E-state index in [9.17, 15) is 4.79 Å². The number of rotatable bonds is 1. The second-order valence-electron chi connectivity index (χ2n) is 5.01. The summed E-state index contributed by atoms with van der Waals surface area (Å²) >= 11 is 0. The summed E-state index contributed by atoms with van der Waals surface area (Å²) in [5.41, 5.74) is 0.613. The van der Waals surface area contributed by atoms with E-state index in [0.29, 0.717) is 5.41 Å². The standard InChI is InChI=1S/C10H14O/c1-9(6-11)5-10(9)3-2-7-4-8(7)10/h6-8H,2-5H2,1H3. The number of aldehydes is 1. The lowest BCUT2D eigenvalue weighted by Gasteiger charge is -2.13. The Morgan fingerprint density at radius 2 is 2.36 bits per heavy atom. The summed E-state index contributed by atoms with van der Waals surface area (Å²) in [6.45, 7) is 2.15. The molecule has 60 valence electrons. The molecule has 3 fully saturated rings. The van der Waals surface area contributed by atoms with Gasteiger partial charge in [0.15, 0.2) is 0 Å². The van der Waals surface area contributed by atoms with Gasteiger partial charge in [-0.3, -0.25) is 0 Å². The van der Waals surface area contributed by atoms with Gasteiger partial charge in [0.2, 0.25) is 0 Å². The van der Waals surface area contributed by atoms with Crippen molar-refractivity contribution in [2.75, 3.05) is 0 Å². The zero-order valence-corrected chi connectivity index (χ0v) is 6.97. The maximum atomic E-state index is 10.8. The third kappa shape index (κ3) is 0.502. The van der Waals surface area contributed by atoms with E-state index >= 15 is 0 Å². The quantitative estimate of drug-likeness (QED) is 0.522. The minimum Gasteiger partial charge on any atom is -0.303 e. The van der Waals surface area contributed by atoms with Crippen LogP contribution in [-0.2, 0) is 4.79 Å². The van der Waals surface area contributed by atoms with Crippen LogP contribution in [0.3, 0.4) is 0 Å². The SMILES string of the molecule is CC1(C=O)CC12CCC1CC12. The minimum atomic E-state index is 0.100. The topological polar surface area (TPSA) is 17.1 Å². The molecule has 1 nitrogen and oxygen atoms in total. The molecule has 0 radical (unpaired) electrons. The summed E-state index contributed by atoms with van der Waals surface area (Å²) in [4.78, 5) is 10.8. The Labute approximate surface area is 67.2 Å². The Bertz CT molecular complexity index is 235. The van der Waals surface area contributed by atoms with Gasteiger partial charge in [0, 0.05) is 5.41 Å². The van der Waals surface area contributed by atoms with Crippen molar-refractivity contribution in [3.8, 4) is 0 Å². The molecule has 3 saturated carbocycles. The molecule has 0 bridgehead atoms. The number of hydrogen-bond acceptors (Lipinski definition) is 1.